The number of hydrogen-bond donors (Lipinski definition) is 0. The summed E-state index contributed by atoms with van der Waals surface area (Å²) in [4.78, 5) is 30.2. The Morgan fingerprint density at radius 1 is 0.889 bits per heavy atom. The predicted molar refractivity (Wildman–Crippen MR) is 67.8 cm³/mol. The van der Waals surface area contributed by atoms with Crippen molar-refractivity contribution in [2.75, 3.05) is 0 Å². The normalized spacial score (nSPS) is 10.1. The molecular formula is C12H6Cl2N2O2. The fourth-order valence-electron chi connectivity index (χ4n) is 1.36. The topological polar surface area (TPSA) is 59.9 Å². The van der Waals surface area contributed by atoms with Gasteiger partial charge in [-0.3, -0.25) is 9.59 Å². The molecule has 0 fully saturated rings. The molecule has 1 heterocycles. The van der Waals surface area contributed by atoms with E-state index in [1.54, 1.807) is 24.3 Å². The van der Waals surface area contributed by atoms with Crippen LogP contribution in [0.25, 0.3) is 11.4 Å². The van der Waals surface area contributed by atoms with Crippen molar-refractivity contribution in [1.82, 2.24) is 9.97 Å². The summed E-state index contributed by atoms with van der Waals surface area (Å²) in [6, 6.07) is 10.1. The molecule has 4 nitrogen and oxygen atoms in total. The van der Waals surface area contributed by atoms with E-state index in [2.05, 4.69) is 9.97 Å². The fraction of sp³-hybridized carbons (Fsp3) is 0. The van der Waals surface area contributed by atoms with Crippen molar-refractivity contribution in [2.24, 2.45) is 0 Å². The molecule has 2 rings (SSSR count). The van der Waals surface area contributed by atoms with E-state index in [-0.39, 0.29) is 17.2 Å². The maximum absolute atomic E-state index is 11.1. The lowest BCUT2D eigenvalue weighted by Gasteiger charge is -2.03. The van der Waals surface area contributed by atoms with E-state index < -0.39 is 10.5 Å². The van der Waals surface area contributed by atoms with E-state index in [1.165, 1.54) is 0 Å². The molecule has 0 aliphatic carbocycles. The second-order valence-electron chi connectivity index (χ2n) is 3.38. The summed E-state index contributed by atoms with van der Waals surface area (Å²) in [6.45, 7) is 0. The zero-order valence-corrected chi connectivity index (χ0v) is 10.4. The zero-order valence-electron chi connectivity index (χ0n) is 8.93. The predicted octanol–water partition coefficient (Wildman–Crippen LogP) is 2.90. The number of carbonyl (C=O) groups excluding carboxylic acids is 2. The van der Waals surface area contributed by atoms with Crippen LogP contribution in [0.2, 0.25) is 0 Å². The minimum absolute atomic E-state index is 0.0606. The number of carbonyl (C=O) groups is 2. The van der Waals surface area contributed by atoms with Crippen LogP contribution in [0.5, 0.6) is 0 Å². The molecule has 0 aliphatic rings. The van der Waals surface area contributed by atoms with Gasteiger partial charge in [-0.25, -0.2) is 9.97 Å². The smallest absolute Gasteiger partial charge is 0.270 e. The van der Waals surface area contributed by atoms with Gasteiger partial charge in [-0.05, 0) is 29.3 Å². The third-order valence-electron chi connectivity index (χ3n) is 2.16. The third kappa shape index (κ3) is 2.72. The Labute approximate surface area is 113 Å². The summed E-state index contributed by atoms with van der Waals surface area (Å²) in [5, 5.41) is -1.54. The SMILES string of the molecule is O=C(Cl)c1cc(C(=O)Cl)nc(-c2ccccc2)n1. The first-order chi connectivity index (χ1) is 8.58. The average molecular weight is 281 g/mol. The van der Waals surface area contributed by atoms with Crippen LogP contribution in [0.3, 0.4) is 0 Å². The summed E-state index contributed by atoms with van der Waals surface area (Å²) in [6.07, 6.45) is 0. The van der Waals surface area contributed by atoms with E-state index in [0.29, 0.717) is 5.56 Å². The van der Waals surface area contributed by atoms with E-state index in [9.17, 15) is 9.59 Å². The van der Waals surface area contributed by atoms with Crippen LogP contribution in [-0.4, -0.2) is 20.5 Å². The number of hydrogen-bond acceptors (Lipinski definition) is 4. The minimum atomic E-state index is -0.770. The number of aromatic nitrogens is 2. The highest BCUT2D eigenvalue weighted by Crippen LogP contribution is 2.17. The maximum atomic E-state index is 11.1. The molecule has 2 aromatic rings. The van der Waals surface area contributed by atoms with Crippen LogP contribution < -0.4 is 0 Å². The van der Waals surface area contributed by atoms with Gasteiger partial charge < -0.3 is 0 Å². The first kappa shape index (κ1) is 12.7. The van der Waals surface area contributed by atoms with Gasteiger partial charge in [0.15, 0.2) is 5.82 Å². The lowest BCUT2D eigenvalue weighted by molar-refractivity contribution is 0.107. The van der Waals surface area contributed by atoms with E-state index in [1.807, 2.05) is 6.07 Å². The van der Waals surface area contributed by atoms with Crippen molar-refractivity contribution in [3.8, 4) is 11.4 Å². The van der Waals surface area contributed by atoms with Gasteiger partial charge in [-0.15, -0.1) is 0 Å². The van der Waals surface area contributed by atoms with Crippen LogP contribution >= 0.6 is 23.2 Å². The van der Waals surface area contributed by atoms with Gasteiger partial charge in [0.2, 0.25) is 0 Å². The van der Waals surface area contributed by atoms with Crippen molar-refractivity contribution in [2.45, 2.75) is 0 Å². The monoisotopic (exact) mass is 280 g/mol. The third-order valence-corrected chi connectivity index (χ3v) is 2.55. The first-order valence-corrected chi connectivity index (χ1v) is 5.67. The van der Waals surface area contributed by atoms with Gasteiger partial charge in [0.25, 0.3) is 10.5 Å². The molecule has 90 valence electrons. The summed E-state index contributed by atoms with van der Waals surface area (Å²) < 4.78 is 0. The molecule has 0 spiro atoms. The summed E-state index contributed by atoms with van der Waals surface area (Å²) >= 11 is 10.7. The van der Waals surface area contributed by atoms with Gasteiger partial charge in [-0.2, -0.15) is 0 Å². The van der Waals surface area contributed by atoms with Crippen LogP contribution in [0.1, 0.15) is 21.0 Å². The molecular weight excluding hydrogens is 275 g/mol. The largest absolute Gasteiger partial charge is 0.274 e. The lowest BCUT2D eigenvalue weighted by atomic mass is 10.2. The molecule has 1 aromatic heterocycles. The highest BCUT2D eigenvalue weighted by Gasteiger charge is 2.14. The Hall–Kier alpha value is -1.78. The van der Waals surface area contributed by atoms with E-state index in [4.69, 9.17) is 23.2 Å². The van der Waals surface area contributed by atoms with Crippen molar-refractivity contribution in [3.05, 3.63) is 47.8 Å². The Morgan fingerprint density at radius 2 is 1.39 bits per heavy atom. The molecule has 0 atom stereocenters. The van der Waals surface area contributed by atoms with Gasteiger partial charge in [-0.1, -0.05) is 30.3 Å². The molecule has 0 aliphatic heterocycles. The highest BCUT2D eigenvalue weighted by atomic mass is 35.5. The molecule has 0 saturated carbocycles. The molecule has 0 radical (unpaired) electrons. The van der Waals surface area contributed by atoms with Crippen LogP contribution in [0.15, 0.2) is 36.4 Å². The molecule has 0 unspecified atom stereocenters. The minimum Gasteiger partial charge on any atom is -0.274 e. The van der Waals surface area contributed by atoms with Crippen molar-refractivity contribution < 1.29 is 9.59 Å². The maximum Gasteiger partial charge on any atom is 0.270 e. The van der Waals surface area contributed by atoms with E-state index in [0.717, 1.165) is 6.07 Å². The van der Waals surface area contributed by atoms with Crippen LogP contribution in [-0.2, 0) is 0 Å². The molecule has 18 heavy (non-hydrogen) atoms. The first-order valence-electron chi connectivity index (χ1n) is 4.92. The fourth-order valence-corrected chi connectivity index (χ4v) is 1.56. The van der Waals surface area contributed by atoms with Gasteiger partial charge in [0.1, 0.15) is 11.4 Å². The second-order valence-corrected chi connectivity index (χ2v) is 4.06. The second kappa shape index (κ2) is 5.25. The number of halogens is 2. The molecule has 0 saturated heterocycles. The van der Waals surface area contributed by atoms with Crippen molar-refractivity contribution in [3.63, 3.8) is 0 Å². The Kier molecular flexibility index (Phi) is 3.69. The average Bonchev–Trinajstić information content (AvgIpc) is 2.39. The van der Waals surface area contributed by atoms with Crippen molar-refractivity contribution >= 4 is 33.7 Å². The van der Waals surface area contributed by atoms with Crippen LogP contribution in [0, 0.1) is 0 Å². The number of nitrogens with zero attached hydrogens (tertiary/aromatic N) is 2. The summed E-state index contributed by atoms with van der Waals surface area (Å²) in [7, 11) is 0. The van der Waals surface area contributed by atoms with Crippen LogP contribution in [0.4, 0.5) is 0 Å². The molecule has 0 amide bonds. The van der Waals surface area contributed by atoms with Gasteiger partial charge >= 0.3 is 0 Å². The standard InChI is InChI=1S/C12H6Cl2N2O2/c13-10(17)8-6-9(11(14)18)16-12(15-8)7-4-2-1-3-5-7/h1-6H. The molecule has 1 aromatic carbocycles. The van der Waals surface area contributed by atoms with E-state index >= 15 is 0 Å². The lowest BCUT2D eigenvalue weighted by Crippen LogP contribution is -2.04. The van der Waals surface area contributed by atoms with Crippen molar-refractivity contribution in [1.29, 1.82) is 0 Å². The molecule has 0 N–H and O–H groups in total. The number of rotatable bonds is 3. The Morgan fingerprint density at radius 3 is 1.83 bits per heavy atom. The molecule has 0 bridgehead atoms. The van der Waals surface area contributed by atoms with Gasteiger partial charge in [0, 0.05) is 5.56 Å². The summed E-state index contributed by atoms with van der Waals surface area (Å²) in [5.41, 5.74) is 0.542. The molecule has 6 heteroatoms. The Bertz CT molecular complexity index is 582. The Balaban J connectivity index is 2.61. The van der Waals surface area contributed by atoms with Gasteiger partial charge in [0.05, 0.1) is 0 Å². The number of benzene rings is 1. The quantitative estimate of drug-likeness (QED) is 0.811. The zero-order chi connectivity index (χ0) is 13.1. The highest BCUT2D eigenvalue weighted by molar-refractivity contribution is 6.68. The summed E-state index contributed by atoms with van der Waals surface area (Å²) in [5.74, 6) is 0.228.